The van der Waals surface area contributed by atoms with E-state index in [0.29, 0.717) is 0 Å². The topological polar surface area (TPSA) is 43.8 Å². The second kappa shape index (κ2) is 6.54. The highest BCUT2D eigenvalue weighted by atomic mass is 16.7. The summed E-state index contributed by atoms with van der Waals surface area (Å²) in [5.41, 5.74) is 1.14. The van der Waals surface area contributed by atoms with E-state index >= 15 is 0 Å². The molecule has 0 bridgehead atoms. The van der Waals surface area contributed by atoms with E-state index in [1.54, 1.807) is 19.5 Å². The summed E-state index contributed by atoms with van der Waals surface area (Å²) in [5, 5.41) is 0. The second-order valence-corrected chi connectivity index (χ2v) is 3.92. The normalized spacial score (nSPS) is 17.0. The van der Waals surface area contributed by atoms with Gasteiger partial charge in [0, 0.05) is 38.5 Å². The summed E-state index contributed by atoms with van der Waals surface area (Å²) in [4.78, 5) is 6.41. The van der Waals surface area contributed by atoms with Gasteiger partial charge < -0.3 is 14.2 Å². The number of ether oxygens (including phenoxy) is 3. The number of morpholine rings is 1. The van der Waals surface area contributed by atoms with Gasteiger partial charge in [0.25, 0.3) is 0 Å². The van der Waals surface area contributed by atoms with E-state index in [2.05, 4.69) is 9.88 Å². The Balaban J connectivity index is 1.98. The lowest BCUT2D eigenvalue weighted by Gasteiger charge is -2.27. The van der Waals surface area contributed by atoms with Crippen LogP contribution in [0.1, 0.15) is 5.56 Å². The van der Waals surface area contributed by atoms with Gasteiger partial charge in [-0.25, -0.2) is 0 Å². The number of hydrogen-bond acceptors (Lipinski definition) is 5. The molecule has 0 aliphatic carbocycles. The van der Waals surface area contributed by atoms with Crippen LogP contribution in [0.2, 0.25) is 0 Å². The van der Waals surface area contributed by atoms with Gasteiger partial charge in [-0.1, -0.05) is 0 Å². The van der Waals surface area contributed by atoms with Crippen molar-refractivity contribution in [2.45, 2.75) is 6.54 Å². The number of nitrogens with zero attached hydrogens (tertiary/aromatic N) is 2. The second-order valence-electron chi connectivity index (χ2n) is 3.92. The Kier molecular flexibility index (Phi) is 4.73. The smallest absolute Gasteiger partial charge is 0.188 e. The molecule has 1 fully saturated rings. The minimum atomic E-state index is 0.252. The molecule has 0 unspecified atom stereocenters. The first-order valence-electron chi connectivity index (χ1n) is 5.75. The van der Waals surface area contributed by atoms with Crippen LogP contribution in [0, 0.1) is 0 Å². The molecule has 1 aromatic heterocycles. The molecular formula is C12H18N2O3. The maximum atomic E-state index is 5.49. The standard InChI is InChI=1S/C12H18N2O3/c1-15-10-17-12-8-13-3-2-11(12)9-14-4-6-16-7-5-14/h2-3,8H,4-7,9-10H2,1H3. The van der Waals surface area contributed by atoms with Crippen LogP contribution in [0.25, 0.3) is 0 Å². The Labute approximate surface area is 101 Å². The van der Waals surface area contributed by atoms with Crippen molar-refractivity contribution >= 4 is 0 Å². The minimum absolute atomic E-state index is 0.252. The van der Waals surface area contributed by atoms with Crippen LogP contribution in [0.3, 0.4) is 0 Å². The zero-order valence-electron chi connectivity index (χ0n) is 10.1. The lowest BCUT2D eigenvalue weighted by atomic mass is 10.2. The van der Waals surface area contributed by atoms with Crippen LogP contribution >= 0.6 is 0 Å². The molecule has 0 radical (unpaired) electrons. The van der Waals surface area contributed by atoms with Gasteiger partial charge in [0.05, 0.1) is 19.4 Å². The first-order chi connectivity index (χ1) is 8.40. The predicted octanol–water partition coefficient (Wildman–Crippen LogP) is 0.897. The lowest BCUT2D eigenvalue weighted by molar-refractivity contribution is 0.0310. The van der Waals surface area contributed by atoms with E-state index in [-0.39, 0.29) is 6.79 Å². The molecule has 17 heavy (non-hydrogen) atoms. The number of pyridine rings is 1. The Hall–Kier alpha value is -1.17. The molecule has 1 aliphatic heterocycles. The molecule has 5 heteroatoms. The van der Waals surface area contributed by atoms with E-state index < -0.39 is 0 Å². The van der Waals surface area contributed by atoms with E-state index in [1.807, 2.05) is 6.07 Å². The maximum Gasteiger partial charge on any atom is 0.188 e. The SMILES string of the molecule is COCOc1cnccc1CN1CCOCC1. The number of aromatic nitrogens is 1. The molecule has 0 saturated carbocycles. The van der Waals surface area contributed by atoms with E-state index in [4.69, 9.17) is 14.2 Å². The molecular weight excluding hydrogens is 220 g/mol. The van der Waals surface area contributed by atoms with E-state index in [0.717, 1.165) is 44.2 Å². The summed E-state index contributed by atoms with van der Waals surface area (Å²) in [6.45, 7) is 4.66. The van der Waals surface area contributed by atoms with Gasteiger partial charge in [-0.3, -0.25) is 9.88 Å². The van der Waals surface area contributed by atoms with E-state index in [9.17, 15) is 0 Å². The van der Waals surface area contributed by atoms with Crippen molar-refractivity contribution in [3.05, 3.63) is 24.0 Å². The molecule has 0 atom stereocenters. The third kappa shape index (κ3) is 3.66. The minimum Gasteiger partial charge on any atom is -0.466 e. The first-order valence-corrected chi connectivity index (χ1v) is 5.75. The van der Waals surface area contributed by atoms with Gasteiger partial charge >= 0.3 is 0 Å². The molecule has 0 spiro atoms. The Morgan fingerprint density at radius 1 is 1.41 bits per heavy atom. The van der Waals surface area contributed by atoms with Gasteiger partial charge in [0.15, 0.2) is 6.79 Å². The Morgan fingerprint density at radius 2 is 2.24 bits per heavy atom. The van der Waals surface area contributed by atoms with Gasteiger partial charge in [0.2, 0.25) is 0 Å². The van der Waals surface area contributed by atoms with Crippen molar-refractivity contribution in [3.8, 4) is 5.75 Å². The average Bonchev–Trinajstić information content (AvgIpc) is 2.39. The van der Waals surface area contributed by atoms with Crippen LogP contribution < -0.4 is 4.74 Å². The number of rotatable bonds is 5. The molecule has 0 N–H and O–H groups in total. The Bertz CT molecular complexity index is 340. The zero-order chi connectivity index (χ0) is 11.9. The number of methoxy groups -OCH3 is 1. The van der Waals surface area contributed by atoms with Crippen LogP contribution in [0.4, 0.5) is 0 Å². The highest BCUT2D eigenvalue weighted by Crippen LogP contribution is 2.18. The van der Waals surface area contributed by atoms with Crippen LogP contribution in [-0.2, 0) is 16.0 Å². The third-order valence-electron chi connectivity index (χ3n) is 2.70. The van der Waals surface area contributed by atoms with Crippen molar-refractivity contribution in [1.82, 2.24) is 9.88 Å². The lowest BCUT2D eigenvalue weighted by Crippen LogP contribution is -2.35. The van der Waals surface area contributed by atoms with Crippen LogP contribution in [0.5, 0.6) is 5.75 Å². The maximum absolute atomic E-state index is 5.49. The molecule has 5 nitrogen and oxygen atoms in total. The molecule has 0 aromatic carbocycles. The molecule has 2 heterocycles. The summed E-state index contributed by atoms with van der Waals surface area (Å²) >= 11 is 0. The van der Waals surface area contributed by atoms with Crippen molar-refractivity contribution in [3.63, 3.8) is 0 Å². The predicted molar refractivity (Wildman–Crippen MR) is 62.8 cm³/mol. The highest BCUT2D eigenvalue weighted by Gasteiger charge is 2.13. The van der Waals surface area contributed by atoms with Gasteiger partial charge in [-0.05, 0) is 6.07 Å². The summed E-state index contributed by atoms with van der Waals surface area (Å²) in [6.07, 6.45) is 3.52. The number of hydrogen-bond donors (Lipinski definition) is 0. The van der Waals surface area contributed by atoms with Crippen molar-refractivity contribution in [2.75, 3.05) is 40.2 Å². The highest BCUT2D eigenvalue weighted by molar-refractivity contribution is 5.29. The monoisotopic (exact) mass is 238 g/mol. The summed E-state index contributed by atoms with van der Waals surface area (Å²) in [7, 11) is 1.61. The summed E-state index contributed by atoms with van der Waals surface area (Å²) in [5.74, 6) is 0.792. The first kappa shape index (κ1) is 12.3. The van der Waals surface area contributed by atoms with Crippen molar-refractivity contribution in [2.24, 2.45) is 0 Å². The molecule has 1 saturated heterocycles. The molecule has 0 amide bonds. The van der Waals surface area contributed by atoms with Gasteiger partial charge in [-0.15, -0.1) is 0 Å². The third-order valence-corrected chi connectivity index (χ3v) is 2.70. The quantitative estimate of drug-likeness (QED) is 0.713. The largest absolute Gasteiger partial charge is 0.466 e. The van der Waals surface area contributed by atoms with Crippen molar-refractivity contribution < 1.29 is 14.2 Å². The summed E-state index contributed by atoms with van der Waals surface area (Å²) in [6, 6.07) is 1.99. The average molecular weight is 238 g/mol. The van der Waals surface area contributed by atoms with Gasteiger partial charge in [0.1, 0.15) is 5.75 Å². The summed E-state index contributed by atoms with van der Waals surface area (Å²) < 4.78 is 15.7. The molecule has 1 aliphatic rings. The zero-order valence-corrected chi connectivity index (χ0v) is 10.1. The van der Waals surface area contributed by atoms with E-state index in [1.165, 1.54) is 0 Å². The molecule has 94 valence electrons. The fourth-order valence-corrected chi connectivity index (χ4v) is 1.79. The molecule has 1 aromatic rings. The van der Waals surface area contributed by atoms with Crippen LogP contribution in [-0.4, -0.2) is 50.1 Å². The van der Waals surface area contributed by atoms with Crippen molar-refractivity contribution in [1.29, 1.82) is 0 Å². The Morgan fingerprint density at radius 3 is 3.00 bits per heavy atom. The van der Waals surface area contributed by atoms with Gasteiger partial charge in [-0.2, -0.15) is 0 Å². The molecule has 2 rings (SSSR count). The fraction of sp³-hybridized carbons (Fsp3) is 0.583. The fourth-order valence-electron chi connectivity index (χ4n) is 1.79. The van der Waals surface area contributed by atoms with Crippen LogP contribution in [0.15, 0.2) is 18.5 Å².